The Hall–Kier alpha value is -0.960. The third kappa shape index (κ3) is 5.77. The van der Waals surface area contributed by atoms with Crippen molar-refractivity contribution in [2.24, 2.45) is 0 Å². The van der Waals surface area contributed by atoms with Crippen LogP contribution >= 0.6 is 17.9 Å². The molecule has 0 heterocycles. The number of hydrogen-bond donors (Lipinski definition) is 1. The summed E-state index contributed by atoms with van der Waals surface area (Å²) >= 11 is 10.1. The summed E-state index contributed by atoms with van der Waals surface area (Å²) in [5.41, 5.74) is -0.296. The fourth-order valence-electron chi connectivity index (χ4n) is 2.82. The zero-order valence-corrected chi connectivity index (χ0v) is 17.9. The smallest absolute Gasteiger partial charge is 0.345 e. The molecule has 2 aromatic rings. The molecular formula is C20H27O2PS2. The Kier molecular flexibility index (Phi) is 7.42. The summed E-state index contributed by atoms with van der Waals surface area (Å²) in [5, 5.41) is 0. The number of benzene rings is 2. The van der Waals surface area contributed by atoms with Gasteiger partial charge in [-0.05, 0) is 65.8 Å². The molecule has 25 heavy (non-hydrogen) atoms. The molecule has 136 valence electrons. The van der Waals surface area contributed by atoms with Gasteiger partial charge < -0.3 is 9.05 Å². The molecule has 0 aliphatic carbocycles. The van der Waals surface area contributed by atoms with Gasteiger partial charge >= 0.3 is 5.69 Å². The lowest BCUT2D eigenvalue weighted by molar-refractivity contribution is 0.495. The average Bonchev–Trinajstić information content (AvgIpc) is 2.57. The normalized spacial score (nSPS) is 13.7. The second kappa shape index (κ2) is 9.12. The van der Waals surface area contributed by atoms with Gasteiger partial charge in [0, 0.05) is 0 Å². The van der Waals surface area contributed by atoms with E-state index in [1.165, 1.54) is 11.1 Å². The molecular weight excluding hydrogens is 367 g/mol. The van der Waals surface area contributed by atoms with Crippen LogP contribution < -0.4 is 9.05 Å². The highest BCUT2D eigenvalue weighted by molar-refractivity contribution is 8.60. The van der Waals surface area contributed by atoms with Crippen LogP contribution in [0.3, 0.4) is 0 Å². The molecule has 2 nitrogen and oxygen atoms in total. The Bertz CT molecular complexity index is 725. The van der Waals surface area contributed by atoms with Crippen molar-refractivity contribution in [2.75, 3.05) is 0 Å². The molecule has 1 unspecified atom stereocenters. The van der Waals surface area contributed by atoms with Crippen LogP contribution in [-0.4, -0.2) is 0 Å². The summed E-state index contributed by atoms with van der Waals surface area (Å²) in [6.07, 6.45) is 2.12. The number of hydrogen-bond acceptors (Lipinski definition) is 3. The number of rotatable bonds is 8. The van der Waals surface area contributed by atoms with Crippen LogP contribution in [0, 0.1) is 0 Å². The second-order valence-electron chi connectivity index (χ2n) is 6.43. The highest BCUT2D eigenvalue weighted by Crippen LogP contribution is 2.54. The molecule has 0 spiro atoms. The Morgan fingerprint density at radius 1 is 0.960 bits per heavy atom. The first-order valence-corrected chi connectivity index (χ1v) is 12.6. The van der Waals surface area contributed by atoms with Crippen LogP contribution in [-0.2, 0) is 11.8 Å². The lowest BCUT2D eigenvalue weighted by Gasteiger charge is -2.23. The summed E-state index contributed by atoms with van der Waals surface area (Å²) < 4.78 is 12.0. The van der Waals surface area contributed by atoms with Crippen LogP contribution in [0.15, 0.2) is 48.5 Å². The van der Waals surface area contributed by atoms with Crippen LogP contribution in [0.25, 0.3) is 0 Å². The van der Waals surface area contributed by atoms with E-state index in [1.54, 1.807) is 0 Å². The zero-order valence-electron chi connectivity index (χ0n) is 15.3. The minimum atomic E-state index is -2.73. The topological polar surface area (TPSA) is 18.5 Å². The van der Waals surface area contributed by atoms with Gasteiger partial charge in [0.1, 0.15) is 11.5 Å². The van der Waals surface area contributed by atoms with Crippen molar-refractivity contribution < 1.29 is 9.05 Å². The number of thiol groups is 1. The molecule has 0 saturated heterocycles. The van der Waals surface area contributed by atoms with Gasteiger partial charge in [-0.3, -0.25) is 0 Å². The molecule has 0 N–H and O–H groups in total. The van der Waals surface area contributed by atoms with Gasteiger partial charge in [0.15, 0.2) is 0 Å². The minimum absolute atomic E-state index is 0.449. The van der Waals surface area contributed by atoms with Crippen molar-refractivity contribution >= 4 is 29.7 Å². The van der Waals surface area contributed by atoms with Crippen LogP contribution in [0.4, 0.5) is 0 Å². The lowest BCUT2D eigenvalue weighted by Crippen LogP contribution is -2.02. The van der Waals surface area contributed by atoms with E-state index in [1.807, 2.05) is 30.3 Å². The third-order valence-electron chi connectivity index (χ3n) is 4.33. The molecule has 5 heteroatoms. The monoisotopic (exact) mass is 394 g/mol. The van der Waals surface area contributed by atoms with Gasteiger partial charge in [-0.2, -0.15) is 0 Å². The van der Waals surface area contributed by atoms with Crippen LogP contribution in [0.1, 0.15) is 63.5 Å². The molecule has 0 amide bonds. The predicted octanol–water partition coefficient (Wildman–Crippen LogP) is 7.33. The SMILES string of the molecule is CCC(CC)c1ccccc1OP(=S)(S)Oc1ccc(C(C)C)cc1. The molecule has 0 bridgehead atoms. The van der Waals surface area contributed by atoms with Crippen molar-refractivity contribution in [1.29, 1.82) is 0 Å². The van der Waals surface area contributed by atoms with E-state index < -0.39 is 5.69 Å². The van der Waals surface area contributed by atoms with Gasteiger partial charge in [0.2, 0.25) is 0 Å². The maximum Gasteiger partial charge on any atom is 0.345 e. The van der Waals surface area contributed by atoms with Crippen molar-refractivity contribution in [2.45, 2.75) is 52.4 Å². The maximum atomic E-state index is 6.07. The Morgan fingerprint density at radius 3 is 2.12 bits per heavy atom. The van der Waals surface area contributed by atoms with E-state index >= 15 is 0 Å². The summed E-state index contributed by atoms with van der Waals surface area (Å²) in [6, 6.07) is 16.0. The standard InChI is InChI=1S/C20H27O2PS2/c1-5-16(6-2)19-9-7-8-10-20(19)22-23(24,25)21-18-13-11-17(12-14-18)15(3)4/h7-16H,5-6H2,1-4H3,(H,24,25). The van der Waals surface area contributed by atoms with E-state index in [-0.39, 0.29) is 0 Å². The fraction of sp³-hybridized carbons (Fsp3) is 0.400. The van der Waals surface area contributed by atoms with Crippen molar-refractivity contribution in [3.8, 4) is 11.5 Å². The first-order chi connectivity index (χ1) is 11.9. The van der Waals surface area contributed by atoms with E-state index in [2.05, 4.69) is 58.1 Å². The van der Waals surface area contributed by atoms with Crippen molar-refractivity contribution in [1.82, 2.24) is 0 Å². The van der Waals surface area contributed by atoms with Gasteiger partial charge in [0.05, 0.1) is 0 Å². The molecule has 2 rings (SSSR count). The molecule has 0 radical (unpaired) electrons. The zero-order chi connectivity index (χ0) is 18.4. The summed E-state index contributed by atoms with van der Waals surface area (Å²) in [7, 11) is 0. The van der Waals surface area contributed by atoms with E-state index in [0.29, 0.717) is 17.6 Å². The highest BCUT2D eigenvalue weighted by Gasteiger charge is 2.21. The van der Waals surface area contributed by atoms with Gasteiger partial charge in [-0.1, -0.05) is 70.3 Å². The first kappa shape index (κ1) is 20.4. The van der Waals surface area contributed by atoms with E-state index in [0.717, 1.165) is 18.6 Å². The Balaban J connectivity index is 2.17. The Morgan fingerprint density at radius 2 is 1.56 bits per heavy atom. The molecule has 1 atom stereocenters. The molecule has 0 aliphatic rings. The first-order valence-electron chi connectivity index (χ1n) is 8.77. The molecule has 2 aromatic carbocycles. The lowest BCUT2D eigenvalue weighted by atomic mass is 9.93. The minimum Gasteiger partial charge on any atom is -0.428 e. The average molecular weight is 395 g/mol. The van der Waals surface area contributed by atoms with Crippen LogP contribution in [0.5, 0.6) is 11.5 Å². The molecule has 0 fully saturated rings. The third-order valence-corrected chi connectivity index (χ3v) is 6.13. The van der Waals surface area contributed by atoms with Gasteiger partial charge in [-0.25, -0.2) is 0 Å². The highest BCUT2D eigenvalue weighted by atomic mass is 32.9. The molecule has 0 aromatic heterocycles. The summed E-state index contributed by atoms with van der Waals surface area (Å²) in [5.74, 6) is 2.41. The van der Waals surface area contributed by atoms with Crippen molar-refractivity contribution in [3.63, 3.8) is 0 Å². The van der Waals surface area contributed by atoms with Crippen molar-refractivity contribution in [3.05, 3.63) is 59.7 Å². The van der Waals surface area contributed by atoms with E-state index in [4.69, 9.17) is 20.9 Å². The predicted molar refractivity (Wildman–Crippen MR) is 115 cm³/mol. The fourth-order valence-corrected chi connectivity index (χ4v) is 4.71. The largest absolute Gasteiger partial charge is 0.428 e. The second-order valence-corrected chi connectivity index (χ2v) is 11.6. The quantitative estimate of drug-likeness (QED) is 0.373. The van der Waals surface area contributed by atoms with Crippen LogP contribution in [0.2, 0.25) is 0 Å². The van der Waals surface area contributed by atoms with E-state index in [9.17, 15) is 0 Å². The Labute approximate surface area is 162 Å². The molecule has 0 saturated carbocycles. The van der Waals surface area contributed by atoms with Gasteiger partial charge in [0.25, 0.3) is 0 Å². The summed E-state index contributed by atoms with van der Waals surface area (Å²) in [6.45, 7) is 8.70. The van der Waals surface area contributed by atoms with Gasteiger partial charge in [-0.15, -0.1) is 0 Å². The molecule has 0 aliphatic heterocycles. The maximum absolute atomic E-state index is 6.07. The summed E-state index contributed by atoms with van der Waals surface area (Å²) in [4.78, 5) is 0. The number of para-hydroxylation sites is 1.